The Balaban J connectivity index is 1.99. The first-order valence-electron chi connectivity index (χ1n) is 7.83. The lowest BCUT2D eigenvalue weighted by Crippen LogP contribution is -2.33. The Bertz CT molecular complexity index is 818. The van der Waals surface area contributed by atoms with Crippen molar-refractivity contribution in [1.29, 1.82) is 0 Å². The number of nitro groups is 1. The fourth-order valence-corrected chi connectivity index (χ4v) is 2.35. The molecule has 0 spiro atoms. The first-order chi connectivity index (χ1) is 11.9. The summed E-state index contributed by atoms with van der Waals surface area (Å²) in [6.45, 7) is 3.36. The van der Waals surface area contributed by atoms with Crippen molar-refractivity contribution in [2.75, 3.05) is 11.9 Å². The highest BCUT2D eigenvalue weighted by atomic mass is 16.6. The highest BCUT2D eigenvalue weighted by Gasteiger charge is 2.15. The number of carbonyl (C=O) groups excluding carboxylic acids is 2. The van der Waals surface area contributed by atoms with Gasteiger partial charge in [-0.3, -0.25) is 19.7 Å². The molecule has 7 heteroatoms. The van der Waals surface area contributed by atoms with Crippen LogP contribution in [0, 0.1) is 17.0 Å². The molecule has 0 fully saturated rings. The van der Waals surface area contributed by atoms with E-state index in [2.05, 4.69) is 10.6 Å². The average molecular weight is 341 g/mol. The molecule has 0 bridgehead atoms. The zero-order valence-electron chi connectivity index (χ0n) is 14.0. The van der Waals surface area contributed by atoms with Gasteiger partial charge in [0.2, 0.25) is 5.91 Å². The molecule has 25 heavy (non-hydrogen) atoms. The summed E-state index contributed by atoms with van der Waals surface area (Å²) in [7, 11) is 0. The van der Waals surface area contributed by atoms with Gasteiger partial charge in [-0.15, -0.1) is 0 Å². The normalized spacial score (nSPS) is 10.2. The number of nitrogens with zero attached hydrogens (tertiary/aromatic N) is 1. The quantitative estimate of drug-likeness (QED) is 0.623. The number of carbonyl (C=O) groups is 2. The van der Waals surface area contributed by atoms with E-state index in [1.807, 2.05) is 25.1 Å². The molecular formula is C18H19N3O4. The Morgan fingerprint density at radius 1 is 1.16 bits per heavy atom. The summed E-state index contributed by atoms with van der Waals surface area (Å²) in [6, 6.07) is 11.6. The molecule has 0 aliphatic carbocycles. The predicted octanol–water partition coefficient (Wildman–Crippen LogP) is 2.83. The molecule has 0 aliphatic rings. The van der Waals surface area contributed by atoms with Crippen molar-refractivity contribution in [2.45, 2.75) is 20.3 Å². The van der Waals surface area contributed by atoms with Crippen molar-refractivity contribution in [2.24, 2.45) is 0 Å². The van der Waals surface area contributed by atoms with Gasteiger partial charge >= 0.3 is 0 Å². The van der Waals surface area contributed by atoms with E-state index in [0.29, 0.717) is 11.3 Å². The molecular weight excluding hydrogens is 322 g/mol. The third-order valence-electron chi connectivity index (χ3n) is 3.75. The first kappa shape index (κ1) is 18.1. The number of nitro benzene ring substituents is 1. The molecule has 2 rings (SSSR count). The minimum Gasteiger partial charge on any atom is -0.343 e. The highest BCUT2D eigenvalue weighted by Crippen LogP contribution is 2.19. The maximum absolute atomic E-state index is 12.1. The molecule has 2 amide bonds. The van der Waals surface area contributed by atoms with Crippen LogP contribution in [0.2, 0.25) is 0 Å². The number of hydrogen-bond acceptors (Lipinski definition) is 4. The molecule has 0 radical (unpaired) electrons. The van der Waals surface area contributed by atoms with Crippen LogP contribution in [0.3, 0.4) is 0 Å². The van der Waals surface area contributed by atoms with E-state index >= 15 is 0 Å². The van der Waals surface area contributed by atoms with E-state index in [0.717, 1.165) is 12.0 Å². The van der Waals surface area contributed by atoms with Crippen molar-refractivity contribution < 1.29 is 14.5 Å². The number of para-hydroxylation sites is 1. The van der Waals surface area contributed by atoms with Gasteiger partial charge in [0.05, 0.1) is 11.5 Å². The summed E-state index contributed by atoms with van der Waals surface area (Å²) < 4.78 is 0. The van der Waals surface area contributed by atoms with Gasteiger partial charge in [0.1, 0.15) is 0 Å². The average Bonchev–Trinajstić information content (AvgIpc) is 2.60. The molecule has 2 N–H and O–H groups in total. The van der Waals surface area contributed by atoms with E-state index in [1.165, 1.54) is 18.2 Å². The van der Waals surface area contributed by atoms with Gasteiger partial charge in [-0.1, -0.05) is 31.2 Å². The van der Waals surface area contributed by atoms with Gasteiger partial charge in [-0.05, 0) is 31.0 Å². The SMILES string of the molecule is CCc1ccccc1NC(=O)CNC(=O)c1ccc(C)c([N+](=O)[O-])c1. The minimum absolute atomic E-state index is 0.131. The number of benzene rings is 2. The van der Waals surface area contributed by atoms with Crippen molar-refractivity contribution in [1.82, 2.24) is 5.32 Å². The molecule has 2 aromatic carbocycles. The zero-order valence-corrected chi connectivity index (χ0v) is 14.0. The summed E-state index contributed by atoms with van der Waals surface area (Å²) in [5, 5.41) is 16.1. The van der Waals surface area contributed by atoms with Crippen LogP contribution in [0.1, 0.15) is 28.4 Å². The highest BCUT2D eigenvalue weighted by molar-refractivity contribution is 5.99. The second kappa shape index (κ2) is 8.05. The number of aryl methyl sites for hydroxylation is 2. The smallest absolute Gasteiger partial charge is 0.273 e. The summed E-state index contributed by atoms with van der Waals surface area (Å²) in [6.07, 6.45) is 0.774. The van der Waals surface area contributed by atoms with Crippen LogP contribution in [-0.2, 0) is 11.2 Å². The van der Waals surface area contributed by atoms with Crippen molar-refractivity contribution in [3.63, 3.8) is 0 Å². The molecule has 130 valence electrons. The Kier molecular flexibility index (Phi) is 5.84. The standard InChI is InChI=1S/C18H19N3O4/c1-3-13-6-4-5-7-15(13)20-17(22)11-19-18(23)14-9-8-12(2)16(10-14)21(24)25/h4-10H,3,11H2,1-2H3,(H,19,23)(H,20,22). The van der Waals surface area contributed by atoms with Crippen LogP contribution < -0.4 is 10.6 Å². The van der Waals surface area contributed by atoms with Gasteiger partial charge in [0.15, 0.2) is 0 Å². The second-order valence-corrected chi connectivity index (χ2v) is 5.50. The van der Waals surface area contributed by atoms with Crippen LogP contribution in [0.5, 0.6) is 0 Å². The van der Waals surface area contributed by atoms with E-state index in [4.69, 9.17) is 0 Å². The number of amides is 2. The van der Waals surface area contributed by atoms with Gasteiger partial charge in [0, 0.05) is 22.9 Å². The van der Waals surface area contributed by atoms with Crippen LogP contribution in [0.25, 0.3) is 0 Å². The maximum Gasteiger partial charge on any atom is 0.273 e. The molecule has 7 nitrogen and oxygen atoms in total. The van der Waals surface area contributed by atoms with Crippen molar-refractivity contribution >= 4 is 23.2 Å². The summed E-state index contributed by atoms with van der Waals surface area (Å²) in [4.78, 5) is 34.5. The third kappa shape index (κ3) is 4.63. The monoisotopic (exact) mass is 341 g/mol. The molecule has 0 aromatic heterocycles. The maximum atomic E-state index is 12.1. The number of hydrogen-bond donors (Lipinski definition) is 2. The predicted molar refractivity (Wildman–Crippen MR) is 94.6 cm³/mol. The molecule has 0 heterocycles. The lowest BCUT2D eigenvalue weighted by atomic mass is 10.1. The lowest BCUT2D eigenvalue weighted by molar-refractivity contribution is -0.385. The number of anilines is 1. The van der Waals surface area contributed by atoms with Crippen LogP contribution >= 0.6 is 0 Å². The molecule has 0 saturated carbocycles. The van der Waals surface area contributed by atoms with E-state index in [-0.39, 0.29) is 23.7 Å². The Labute approximate surface area is 145 Å². The Hall–Kier alpha value is -3.22. The lowest BCUT2D eigenvalue weighted by Gasteiger charge is -2.10. The van der Waals surface area contributed by atoms with Gasteiger partial charge in [0.25, 0.3) is 11.6 Å². The molecule has 0 atom stereocenters. The Morgan fingerprint density at radius 3 is 2.56 bits per heavy atom. The topological polar surface area (TPSA) is 101 Å². The number of rotatable bonds is 6. The molecule has 0 saturated heterocycles. The van der Waals surface area contributed by atoms with Crippen molar-refractivity contribution in [3.8, 4) is 0 Å². The van der Waals surface area contributed by atoms with Crippen LogP contribution in [0.4, 0.5) is 11.4 Å². The van der Waals surface area contributed by atoms with E-state index in [1.54, 1.807) is 13.0 Å². The fraction of sp³-hybridized carbons (Fsp3) is 0.222. The Morgan fingerprint density at radius 2 is 1.88 bits per heavy atom. The van der Waals surface area contributed by atoms with Crippen LogP contribution in [-0.4, -0.2) is 23.3 Å². The summed E-state index contributed by atoms with van der Waals surface area (Å²) in [5.74, 6) is -0.905. The van der Waals surface area contributed by atoms with Crippen molar-refractivity contribution in [3.05, 3.63) is 69.3 Å². The van der Waals surface area contributed by atoms with Gasteiger partial charge in [-0.2, -0.15) is 0 Å². The zero-order chi connectivity index (χ0) is 18.4. The van der Waals surface area contributed by atoms with Gasteiger partial charge in [-0.25, -0.2) is 0 Å². The molecule has 0 unspecified atom stereocenters. The first-order valence-corrected chi connectivity index (χ1v) is 7.83. The number of nitrogens with one attached hydrogen (secondary N) is 2. The van der Waals surface area contributed by atoms with Crippen LogP contribution in [0.15, 0.2) is 42.5 Å². The van der Waals surface area contributed by atoms with E-state index < -0.39 is 10.8 Å². The fourth-order valence-electron chi connectivity index (χ4n) is 2.35. The minimum atomic E-state index is -0.541. The molecule has 0 aliphatic heterocycles. The second-order valence-electron chi connectivity index (χ2n) is 5.50. The molecule has 2 aromatic rings. The summed E-state index contributed by atoms with van der Waals surface area (Å²) in [5.41, 5.74) is 2.18. The van der Waals surface area contributed by atoms with E-state index in [9.17, 15) is 19.7 Å². The summed E-state index contributed by atoms with van der Waals surface area (Å²) >= 11 is 0. The largest absolute Gasteiger partial charge is 0.343 e. The van der Waals surface area contributed by atoms with Gasteiger partial charge < -0.3 is 10.6 Å². The third-order valence-corrected chi connectivity index (χ3v) is 3.75.